The van der Waals surface area contributed by atoms with E-state index >= 15 is 0 Å². The molecule has 9 nitrogen and oxygen atoms in total. The molecule has 4 N–H and O–H groups in total. The zero-order chi connectivity index (χ0) is 28.6. The van der Waals surface area contributed by atoms with Crippen LogP contribution in [0.2, 0.25) is 0 Å². The summed E-state index contributed by atoms with van der Waals surface area (Å²) >= 11 is 0. The van der Waals surface area contributed by atoms with Crippen molar-refractivity contribution in [3.8, 4) is 0 Å². The van der Waals surface area contributed by atoms with Gasteiger partial charge in [-0.1, -0.05) is 59.7 Å². The van der Waals surface area contributed by atoms with Crippen LogP contribution < -0.4 is 16.4 Å². The highest BCUT2D eigenvalue weighted by molar-refractivity contribution is 5.94. The van der Waals surface area contributed by atoms with E-state index in [9.17, 15) is 19.2 Å². The minimum Gasteiger partial charge on any atom is -0.444 e. The molecule has 38 heavy (non-hydrogen) atoms. The summed E-state index contributed by atoms with van der Waals surface area (Å²) < 4.78 is 5.30. The Bertz CT molecular complexity index is 1120. The monoisotopic (exact) mass is 524 g/mol. The molecule has 2 aromatic carbocycles. The van der Waals surface area contributed by atoms with Gasteiger partial charge in [-0.3, -0.25) is 14.4 Å². The van der Waals surface area contributed by atoms with E-state index in [1.807, 2.05) is 62.4 Å². The third kappa shape index (κ3) is 9.21. The number of nitrogens with zero attached hydrogens (tertiary/aromatic N) is 1. The predicted octanol–water partition coefficient (Wildman–Crippen LogP) is 3.67. The number of amides is 4. The highest BCUT2D eigenvalue weighted by Gasteiger charge is 2.38. The minimum absolute atomic E-state index is 0.266. The van der Waals surface area contributed by atoms with Gasteiger partial charge in [0.05, 0.1) is 6.42 Å². The third-order valence-electron chi connectivity index (χ3n) is 5.60. The van der Waals surface area contributed by atoms with Crippen molar-refractivity contribution in [3.05, 3.63) is 70.8 Å². The lowest BCUT2D eigenvalue weighted by Gasteiger charge is -2.37. The van der Waals surface area contributed by atoms with Crippen molar-refractivity contribution in [1.82, 2.24) is 15.5 Å². The lowest BCUT2D eigenvalue weighted by Crippen LogP contribution is -2.55. The molecule has 2 aromatic rings. The van der Waals surface area contributed by atoms with Crippen LogP contribution in [0.5, 0.6) is 0 Å². The topological polar surface area (TPSA) is 131 Å². The second-order valence-corrected chi connectivity index (χ2v) is 10.7. The van der Waals surface area contributed by atoms with Gasteiger partial charge < -0.3 is 26.0 Å². The number of carbonyl (C=O) groups is 4. The highest BCUT2D eigenvalue weighted by Crippen LogP contribution is 2.27. The quantitative estimate of drug-likeness (QED) is 0.437. The maximum Gasteiger partial charge on any atom is 0.408 e. The molecule has 0 aliphatic carbocycles. The second-order valence-electron chi connectivity index (χ2n) is 10.7. The number of aryl methyl sites for hydroxylation is 2. The van der Waals surface area contributed by atoms with Crippen molar-refractivity contribution >= 4 is 23.8 Å². The van der Waals surface area contributed by atoms with Gasteiger partial charge in [0.1, 0.15) is 17.7 Å². The van der Waals surface area contributed by atoms with Crippen LogP contribution in [-0.2, 0) is 25.7 Å². The zero-order valence-electron chi connectivity index (χ0n) is 23.3. The maximum atomic E-state index is 14.0. The number of alkyl carbamates (subject to hydrolysis) is 1. The van der Waals surface area contributed by atoms with Crippen molar-refractivity contribution < 1.29 is 23.9 Å². The first-order valence-corrected chi connectivity index (χ1v) is 12.7. The van der Waals surface area contributed by atoms with Crippen LogP contribution in [0.3, 0.4) is 0 Å². The SMILES string of the molecule is Cc1cc(C)cc(C(C(=O)NCc2ccccc2)N(C(=O)C(CC(N)=O)NC(=O)OC(C)(C)C)C(C)C)c1. The molecule has 0 fully saturated rings. The predicted molar refractivity (Wildman–Crippen MR) is 146 cm³/mol. The van der Waals surface area contributed by atoms with E-state index in [0.717, 1.165) is 16.7 Å². The van der Waals surface area contributed by atoms with Gasteiger partial charge in [0.15, 0.2) is 0 Å². The smallest absolute Gasteiger partial charge is 0.408 e. The Morgan fingerprint density at radius 1 is 0.974 bits per heavy atom. The lowest BCUT2D eigenvalue weighted by atomic mass is 9.97. The molecule has 0 saturated heterocycles. The van der Waals surface area contributed by atoms with Crippen LogP contribution in [0.1, 0.15) is 69.3 Å². The first kappa shape index (κ1) is 30.3. The molecule has 2 atom stereocenters. The molecule has 2 rings (SSSR count). The Morgan fingerprint density at radius 3 is 2.05 bits per heavy atom. The minimum atomic E-state index is -1.32. The Kier molecular flexibility index (Phi) is 10.4. The van der Waals surface area contributed by atoms with Crippen LogP contribution in [-0.4, -0.2) is 46.4 Å². The van der Waals surface area contributed by atoms with Gasteiger partial charge in [0.2, 0.25) is 17.7 Å². The highest BCUT2D eigenvalue weighted by atomic mass is 16.6. The van der Waals surface area contributed by atoms with Gasteiger partial charge in [-0.15, -0.1) is 0 Å². The molecular weight excluding hydrogens is 484 g/mol. The molecule has 206 valence electrons. The van der Waals surface area contributed by atoms with Gasteiger partial charge in [-0.2, -0.15) is 0 Å². The van der Waals surface area contributed by atoms with E-state index in [4.69, 9.17) is 10.5 Å². The summed E-state index contributed by atoms with van der Waals surface area (Å²) in [5.41, 5.74) is 7.99. The average Bonchev–Trinajstić information content (AvgIpc) is 2.78. The number of nitrogens with two attached hydrogens (primary N) is 1. The molecule has 0 spiro atoms. The number of carbonyl (C=O) groups excluding carboxylic acids is 4. The van der Waals surface area contributed by atoms with E-state index in [1.54, 1.807) is 34.6 Å². The fraction of sp³-hybridized carbons (Fsp3) is 0.448. The fourth-order valence-electron chi connectivity index (χ4n) is 4.20. The Labute approximate surface area is 225 Å². The van der Waals surface area contributed by atoms with Gasteiger partial charge >= 0.3 is 6.09 Å². The summed E-state index contributed by atoms with van der Waals surface area (Å²) in [7, 11) is 0. The number of ether oxygens (including phenoxy) is 1. The van der Waals surface area contributed by atoms with Crippen molar-refractivity contribution in [1.29, 1.82) is 0 Å². The zero-order valence-corrected chi connectivity index (χ0v) is 23.3. The van der Waals surface area contributed by atoms with Gasteiger partial charge in [-0.05, 0) is 59.6 Å². The molecule has 0 heterocycles. The van der Waals surface area contributed by atoms with E-state index < -0.39 is 54.0 Å². The number of rotatable bonds is 10. The molecule has 0 bridgehead atoms. The summed E-state index contributed by atoms with van der Waals surface area (Å²) in [5, 5.41) is 5.42. The number of benzene rings is 2. The normalized spacial score (nSPS) is 12.8. The van der Waals surface area contributed by atoms with Crippen molar-refractivity contribution in [2.45, 2.75) is 85.2 Å². The number of hydrogen-bond acceptors (Lipinski definition) is 5. The van der Waals surface area contributed by atoms with Gasteiger partial charge in [-0.25, -0.2) is 4.79 Å². The van der Waals surface area contributed by atoms with Crippen LogP contribution in [0.4, 0.5) is 4.79 Å². The summed E-state index contributed by atoms with van der Waals surface area (Å²) in [4.78, 5) is 53.5. The average molecular weight is 525 g/mol. The molecule has 0 aliphatic rings. The van der Waals surface area contributed by atoms with E-state index in [0.29, 0.717) is 5.56 Å². The third-order valence-corrected chi connectivity index (χ3v) is 5.60. The summed E-state index contributed by atoms with van der Waals surface area (Å²) in [5.74, 6) is -1.79. The standard InChI is InChI=1S/C29H40N4O5/c1-18(2)33(27(36)23(16-24(30)34)32-28(37)38-29(5,6)7)25(22-14-19(3)13-20(4)15-22)26(35)31-17-21-11-9-8-10-12-21/h8-15,18,23,25H,16-17H2,1-7H3,(H2,30,34)(H,31,35)(H,32,37). The van der Waals surface area contributed by atoms with Gasteiger partial charge in [0, 0.05) is 12.6 Å². The summed E-state index contributed by atoms with van der Waals surface area (Å²) in [6.45, 7) is 12.7. The number of primary amides is 1. The molecule has 2 unspecified atom stereocenters. The second kappa shape index (κ2) is 13.1. The number of nitrogens with one attached hydrogen (secondary N) is 2. The van der Waals surface area contributed by atoms with Crippen LogP contribution in [0.15, 0.2) is 48.5 Å². The molecule has 0 saturated carbocycles. The van der Waals surface area contributed by atoms with Crippen molar-refractivity contribution in [2.75, 3.05) is 0 Å². The summed E-state index contributed by atoms with van der Waals surface area (Å²) in [6, 6.07) is 12.3. The van der Waals surface area contributed by atoms with Crippen LogP contribution in [0.25, 0.3) is 0 Å². The molecule has 9 heteroatoms. The summed E-state index contributed by atoms with van der Waals surface area (Å²) in [6.07, 6.45) is -1.32. The lowest BCUT2D eigenvalue weighted by molar-refractivity contribution is -0.145. The Hall–Kier alpha value is -3.88. The van der Waals surface area contributed by atoms with Crippen molar-refractivity contribution in [3.63, 3.8) is 0 Å². The Morgan fingerprint density at radius 2 is 1.55 bits per heavy atom. The largest absolute Gasteiger partial charge is 0.444 e. The maximum absolute atomic E-state index is 14.0. The first-order chi connectivity index (χ1) is 17.7. The van der Waals surface area contributed by atoms with Crippen molar-refractivity contribution in [2.24, 2.45) is 5.73 Å². The van der Waals surface area contributed by atoms with Crippen LogP contribution >= 0.6 is 0 Å². The molecule has 0 aromatic heterocycles. The molecule has 0 radical (unpaired) electrons. The van der Waals surface area contributed by atoms with Crippen LogP contribution in [0, 0.1) is 13.8 Å². The van der Waals surface area contributed by atoms with E-state index in [1.165, 1.54) is 4.90 Å². The van der Waals surface area contributed by atoms with E-state index in [-0.39, 0.29) is 6.54 Å². The number of hydrogen-bond donors (Lipinski definition) is 3. The Balaban J connectivity index is 2.50. The van der Waals surface area contributed by atoms with E-state index in [2.05, 4.69) is 10.6 Å². The molecule has 0 aliphatic heterocycles. The van der Waals surface area contributed by atoms with Gasteiger partial charge in [0.25, 0.3) is 0 Å². The fourth-order valence-corrected chi connectivity index (χ4v) is 4.20. The molecule has 4 amide bonds. The molecular formula is C29H40N4O5. The first-order valence-electron chi connectivity index (χ1n) is 12.7.